The number of benzene rings is 1. The minimum atomic E-state index is -0.449. The Balaban J connectivity index is 1.91. The lowest BCUT2D eigenvalue weighted by Crippen LogP contribution is -2.21. The summed E-state index contributed by atoms with van der Waals surface area (Å²) >= 11 is 1.29. The Kier molecular flexibility index (Phi) is 6.06. The van der Waals surface area contributed by atoms with Crippen LogP contribution in [0.4, 0.5) is 8.78 Å². The molecule has 1 heterocycles. The van der Waals surface area contributed by atoms with Crippen molar-refractivity contribution in [2.24, 2.45) is 0 Å². The fourth-order valence-electron chi connectivity index (χ4n) is 1.72. The van der Waals surface area contributed by atoms with Gasteiger partial charge in [-0.2, -0.15) is 0 Å². The number of aromatic nitrogens is 4. The summed E-state index contributed by atoms with van der Waals surface area (Å²) in [6.07, 6.45) is 1.07. The third-order valence-electron chi connectivity index (χ3n) is 2.79. The van der Waals surface area contributed by atoms with Crippen molar-refractivity contribution in [1.29, 1.82) is 0 Å². The van der Waals surface area contributed by atoms with Crippen molar-refractivity contribution in [1.82, 2.24) is 25.5 Å². The van der Waals surface area contributed by atoms with Crippen molar-refractivity contribution in [2.75, 3.05) is 13.1 Å². The number of nitrogens with zero attached hydrogens (tertiary/aromatic N) is 4. The van der Waals surface area contributed by atoms with Crippen molar-refractivity contribution >= 4 is 11.8 Å². The van der Waals surface area contributed by atoms with E-state index in [1.54, 1.807) is 4.68 Å². The van der Waals surface area contributed by atoms with E-state index in [0.29, 0.717) is 17.3 Å². The summed E-state index contributed by atoms with van der Waals surface area (Å²) in [5, 5.41) is 15.3. The molecule has 5 nitrogen and oxygen atoms in total. The summed E-state index contributed by atoms with van der Waals surface area (Å²) in [5.74, 6) is -0.588. The summed E-state index contributed by atoms with van der Waals surface area (Å²) in [6, 6.07) is 3.43. The Bertz CT molecular complexity index is 575. The van der Waals surface area contributed by atoms with E-state index in [2.05, 4.69) is 27.8 Å². The van der Waals surface area contributed by atoms with Crippen molar-refractivity contribution < 1.29 is 8.78 Å². The molecule has 0 amide bonds. The average Bonchev–Trinajstić information content (AvgIpc) is 2.92. The van der Waals surface area contributed by atoms with Gasteiger partial charge < -0.3 is 5.32 Å². The standard InChI is InChI=1S/C13H17F2N5S/c1-2-5-16-6-7-20-13(17-18-19-20)21-9-10-8-11(14)3-4-12(10)15/h3-4,8,16H,2,5-7,9H2,1H3. The minimum Gasteiger partial charge on any atom is -0.315 e. The molecule has 1 N–H and O–H groups in total. The maximum absolute atomic E-state index is 13.5. The van der Waals surface area contributed by atoms with Crippen molar-refractivity contribution in [3.05, 3.63) is 35.4 Å². The van der Waals surface area contributed by atoms with Gasteiger partial charge in [0, 0.05) is 17.9 Å². The van der Waals surface area contributed by atoms with Crippen LogP contribution in [0.15, 0.2) is 23.4 Å². The highest BCUT2D eigenvalue weighted by Crippen LogP contribution is 2.22. The molecule has 0 saturated heterocycles. The Morgan fingerprint density at radius 3 is 2.95 bits per heavy atom. The Morgan fingerprint density at radius 2 is 2.14 bits per heavy atom. The summed E-state index contributed by atoms with van der Waals surface area (Å²) < 4.78 is 28.3. The molecule has 0 radical (unpaired) electrons. The topological polar surface area (TPSA) is 55.6 Å². The highest BCUT2D eigenvalue weighted by Gasteiger charge is 2.09. The van der Waals surface area contributed by atoms with E-state index in [9.17, 15) is 8.78 Å². The van der Waals surface area contributed by atoms with Gasteiger partial charge in [-0.15, -0.1) is 5.10 Å². The zero-order valence-electron chi connectivity index (χ0n) is 11.7. The molecule has 0 saturated carbocycles. The minimum absolute atomic E-state index is 0.284. The summed E-state index contributed by atoms with van der Waals surface area (Å²) in [4.78, 5) is 0. The maximum atomic E-state index is 13.5. The second-order valence-corrected chi connectivity index (χ2v) is 5.40. The maximum Gasteiger partial charge on any atom is 0.209 e. The number of rotatable bonds is 8. The fraction of sp³-hybridized carbons (Fsp3) is 0.462. The van der Waals surface area contributed by atoms with E-state index in [0.717, 1.165) is 31.6 Å². The van der Waals surface area contributed by atoms with Crippen LogP contribution in [-0.2, 0) is 12.3 Å². The molecule has 1 aromatic heterocycles. The van der Waals surface area contributed by atoms with Crippen LogP contribution in [0.25, 0.3) is 0 Å². The van der Waals surface area contributed by atoms with Crippen LogP contribution >= 0.6 is 11.8 Å². The first kappa shape index (κ1) is 15.8. The van der Waals surface area contributed by atoms with Gasteiger partial charge in [0.2, 0.25) is 5.16 Å². The molecular weight excluding hydrogens is 296 g/mol. The predicted octanol–water partition coefficient (Wildman–Crippen LogP) is 2.24. The van der Waals surface area contributed by atoms with Gasteiger partial charge in [-0.25, -0.2) is 13.5 Å². The summed E-state index contributed by atoms with van der Waals surface area (Å²) in [5.41, 5.74) is 0.304. The molecule has 0 atom stereocenters. The van der Waals surface area contributed by atoms with E-state index < -0.39 is 11.6 Å². The molecule has 8 heteroatoms. The summed E-state index contributed by atoms with van der Waals surface area (Å²) in [6.45, 7) is 4.44. The van der Waals surface area contributed by atoms with E-state index >= 15 is 0 Å². The van der Waals surface area contributed by atoms with Gasteiger partial charge >= 0.3 is 0 Å². The predicted molar refractivity (Wildman–Crippen MR) is 76.9 cm³/mol. The van der Waals surface area contributed by atoms with Crippen LogP contribution in [0.1, 0.15) is 18.9 Å². The highest BCUT2D eigenvalue weighted by molar-refractivity contribution is 7.98. The third kappa shape index (κ3) is 4.75. The number of tetrazole rings is 1. The van der Waals surface area contributed by atoms with E-state index in [1.807, 2.05) is 0 Å². The smallest absolute Gasteiger partial charge is 0.209 e. The molecular formula is C13H17F2N5S. The van der Waals surface area contributed by atoms with E-state index in [-0.39, 0.29) is 5.75 Å². The molecule has 2 aromatic rings. The molecule has 0 aliphatic carbocycles. The van der Waals surface area contributed by atoms with Crippen molar-refractivity contribution in [3.63, 3.8) is 0 Å². The molecule has 0 aliphatic rings. The summed E-state index contributed by atoms with van der Waals surface area (Å²) in [7, 11) is 0. The molecule has 0 aliphatic heterocycles. The van der Waals surface area contributed by atoms with Crippen LogP contribution in [0, 0.1) is 11.6 Å². The van der Waals surface area contributed by atoms with Gasteiger partial charge in [0.25, 0.3) is 0 Å². The molecule has 2 rings (SSSR count). The van der Waals surface area contributed by atoms with Crippen molar-refractivity contribution in [3.8, 4) is 0 Å². The number of nitrogens with one attached hydrogen (secondary N) is 1. The highest BCUT2D eigenvalue weighted by atomic mass is 32.2. The molecule has 114 valence electrons. The first-order valence-electron chi connectivity index (χ1n) is 6.74. The average molecular weight is 313 g/mol. The Hall–Kier alpha value is -1.54. The van der Waals surface area contributed by atoms with E-state index in [1.165, 1.54) is 17.8 Å². The zero-order chi connectivity index (χ0) is 15.1. The van der Waals surface area contributed by atoms with Gasteiger partial charge in [0.05, 0.1) is 6.54 Å². The number of hydrogen-bond donors (Lipinski definition) is 1. The monoisotopic (exact) mass is 313 g/mol. The van der Waals surface area contributed by atoms with Crippen LogP contribution in [-0.4, -0.2) is 33.3 Å². The normalized spacial score (nSPS) is 11.0. The number of hydrogen-bond acceptors (Lipinski definition) is 5. The van der Waals surface area contributed by atoms with Crippen LogP contribution in [0.3, 0.4) is 0 Å². The first-order chi connectivity index (χ1) is 10.2. The molecule has 21 heavy (non-hydrogen) atoms. The van der Waals surface area contributed by atoms with Crippen LogP contribution < -0.4 is 5.32 Å². The van der Waals surface area contributed by atoms with Gasteiger partial charge in [-0.3, -0.25) is 0 Å². The Morgan fingerprint density at radius 1 is 1.29 bits per heavy atom. The van der Waals surface area contributed by atoms with Crippen molar-refractivity contribution in [2.45, 2.75) is 30.8 Å². The first-order valence-corrected chi connectivity index (χ1v) is 7.73. The second kappa shape index (κ2) is 8.04. The molecule has 0 fully saturated rings. The molecule has 1 aromatic carbocycles. The quantitative estimate of drug-likeness (QED) is 0.598. The number of halogens is 2. The lowest BCUT2D eigenvalue weighted by atomic mass is 10.2. The molecule has 0 unspecified atom stereocenters. The second-order valence-electron chi connectivity index (χ2n) is 4.46. The van der Waals surface area contributed by atoms with E-state index in [4.69, 9.17) is 0 Å². The van der Waals surface area contributed by atoms with Crippen LogP contribution in [0.5, 0.6) is 0 Å². The van der Waals surface area contributed by atoms with Gasteiger partial charge in [0.15, 0.2) is 0 Å². The largest absolute Gasteiger partial charge is 0.315 e. The lowest BCUT2D eigenvalue weighted by Gasteiger charge is -2.06. The fourth-order valence-corrected chi connectivity index (χ4v) is 2.60. The Labute approximate surface area is 126 Å². The SMILES string of the molecule is CCCNCCn1nnnc1SCc1cc(F)ccc1F. The zero-order valence-corrected chi connectivity index (χ0v) is 12.5. The number of thioether (sulfide) groups is 1. The van der Waals surface area contributed by atoms with Gasteiger partial charge in [0.1, 0.15) is 11.6 Å². The lowest BCUT2D eigenvalue weighted by molar-refractivity contribution is 0.510. The molecule has 0 bridgehead atoms. The van der Waals surface area contributed by atoms with Gasteiger partial charge in [-0.1, -0.05) is 18.7 Å². The molecule has 0 spiro atoms. The van der Waals surface area contributed by atoms with Crippen LogP contribution in [0.2, 0.25) is 0 Å². The van der Waals surface area contributed by atoms with Gasteiger partial charge in [-0.05, 0) is 41.6 Å². The third-order valence-corrected chi connectivity index (χ3v) is 3.80.